The van der Waals surface area contributed by atoms with E-state index in [0.29, 0.717) is 22.3 Å². The SMILES string of the molecule is O=C(NCC[NH+]1CCOCC1)Nc1ccc(Cl)c(Cl)c1. The van der Waals surface area contributed by atoms with Crippen molar-refractivity contribution in [3.8, 4) is 0 Å². The number of amides is 2. The number of ether oxygens (including phenoxy) is 1. The maximum absolute atomic E-state index is 11.7. The summed E-state index contributed by atoms with van der Waals surface area (Å²) in [5.74, 6) is 0. The van der Waals surface area contributed by atoms with E-state index in [0.717, 1.165) is 32.8 Å². The molecule has 20 heavy (non-hydrogen) atoms. The van der Waals surface area contributed by atoms with Gasteiger partial charge in [0.2, 0.25) is 0 Å². The second-order valence-corrected chi connectivity index (χ2v) is 5.44. The highest BCUT2D eigenvalue weighted by Gasteiger charge is 2.13. The summed E-state index contributed by atoms with van der Waals surface area (Å²) in [6, 6.07) is 4.74. The molecule has 3 N–H and O–H groups in total. The van der Waals surface area contributed by atoms with Crippen LogP contribution in [0, 0.1) is 0 Å². The normalized spacial score (nSPS) is 15.9. The first-order valence-electron chi connectivity index (χ1n) is 6.56. The fourth-order valence-electron chi connectivity index (χ4n) is 2.01. The van der Waals surface area contributed by atoms with E-state index in [9.17, 15) is 4.79 Å². The minimum atomic E-state index is -0.240. The van der Waals surface area contributed by atoms with Gasteiger partial charge in [-0.3, -0.25) is 0 Å². The van der Waals surface area contributed by atoms with Gasteiger partial charge in [-0.2, -0.15) is 0 Å². The Labute approximate surface area is 128 Å². The molecule has 1 heterocycles. The molecule has 0 spiro atoms. The molecule has 5 nitrogen and oxygen atoms in total. The second kappa shape index (κ2) is 7.69. The summed E-state index contributed by atoms with van der Waals surface area (Å²) in [5, 5.41) is 6.43. The molecule has 1 fully saturated rings. The Morgan fingerprint density at radius 1 is 1.25 bits per heavy atom. The summed E-state index contributed by atoms with van der Waals surface area (Å²) in [5.41, 5.74) is 0.621. The van der Waals surface area contributed by atoms with Gasteiger partial charge in [0, 0.05) is 5.69 Å². The lowest BCUT2D eigenvalue weighted by Gasteiger charge is -2.23. The van der Waals surface area contributed by atoms with Gasteiger partial charge in [0.05, 0.1) is 36.3 Å². The average Bonchev–Trinajstić information content (AvgIpc) is 2.44. The summed E-state index contributed by atoms with van der Waals surface area (Å²) in [6.07, 6.45) is 0. The maximum atomic E-state index is 11.7. The summed E-state index contributed by atoms with van der Waals surface area (Å²) >= 11 is 11.7. The van der Waals surface area contributed by atoms with Crippen LogP contribution in [-0.2, 0) is 4.74 Å². The highest BCUT2D eigenvalue weighted by atomic mass is 35.5. The van der Waals surface area contributed by atoms with Crippen LogP contribution in [0.1, 0.15) is 0 Å². The Morgan fingerprint density at radius 2 is 2.00 bits per heavy atom. The molecule has 7 heteroatoms. The fourth-order valence-corrected chi connectivity index (χ4v) is 2.31. The molecule has 0 aliphatic carbocycles. The highest BCUT2D eigenvalue weighted by Crippen LogP contribution is 2.24. The molecule has 0 radical (unpaired) electrons. The Balaban J connectivity index is 1.70. The van der Waals surface area contributed by atoms with Crippen molar-refractivity contribution < 1.29 is 14.4 Å². The summed E-state index contributed by atoms with van der Waals surface area (Å²) in [6.45, 7) is 5.11. The van der Waals surface area contributed by atoms with Crippen LogP contribution in [0.4, 0.5) is 10.5 Å². The number of urea groups is 1. The molecule has 0 aromatic heterocycles. The first kappa shape index (κ1) is 15.4. The van der Waals surface area contributed by atoms with E-state index < -0.39 is 0 Å². The quantitative estimate of drug-likeness (QED) is 0.776. The van der Waals surface area contributed by atoms with Crippen LogP contribution in [0.3, 0.4) is 0 Å². The Hall–Kier alpha value is -1.01. The van der Waals surface area contributed by atoms with Crippen molar-refractivity contribution >= 4 is 34.9 Å². The predicted octanol–water partition coefficient (Wildman–Crippen LogP) is 1.03. The van der Waals surface area contributed by atoms with Crippen LogP contribution in [0.2, 0.25) is 10.0 Å². The van der Waals surface area contributed by atoms with Gasteiger partial charge in [-0.15, -0.1) is 0 Å². The van der Waals surface area contributed by atoms with Crippen molar-refractivity contribution in [2.24, 2.45) is 0 Å². The van der Waals surface area contributed by atoms with Gasteiger partial charge in [-0.05, 0) is 18.2 Å². The molecular formula is C13H18Cl2N3O2+. The molecule has 1 aromatic carbocycles. The third-order valence-corrected chi connectivity index (χ3v) is 3.88. The zero-order chi connectivity index (χ0) is 14.4. The number of carbonyl (C=O) groups excluding carboxylic acids is 1. The molecule has 1 saturated heterocycles. The van der Waals surface area contributed by atoms with Crippen molar-refractivity contribution in [3.63, 3.8) is 0 Å². The van der Waals surface area contributed by atoms with Crippen LogP contribution >= 0.6 is 23.2 Å². The Bertz CT molecular complexity index is 465. The molecule has 0 bridgehead atoms. The highest BCUT2D eigenvalue weighted by molar-refractivity contribution is 6.42. The number of hydrogen-bond acceptors (Lipinski definition) is 2. The van der Waals surface area contributed by atoms with Crippen LogP contribution in [0.15, 0.2) is 18.2 Å². The lowest BCUT2D eigenvalue weighted by Crippen LogP contribution is -3.14. The monoisotopic (exact) mass is 318 g/mol. The van der Waals surface area contributed by atoms with E-state index in [1.165, 1.54) is 4.90 Å². The van der Waals surface area contributed by atoms with Crippen molar-refractivity contribution in [3.05, 3.63) is 28.2 Å². The third-order valence-electron chi connectivity index (χ3n) is 3.14. The number of halogens is 2. The van der Waals surface area contributed by atoms with Gasteiger partial charge in [0.15, 0.2) is 0 Å². The Morgan fingerprint density at radius 3 is 2.70 bits per heavy atom. The van der Waals surface area contributed by atoms with E-state index in [1.54, 1.807) is 18.2 Å². The Kier molecular flexibility index (Phi) is 5.91. The molecule has 2 amide bonds. The summed E-state index contributed by atoms with van der Waals surface area (Å²) in [4.78, 5) is 13.2. The first-order chi connectivity index (χ1) is 9.65. The number of benzene rings is 1. The van der Waals surface area contributed by atoms with Gasteiger partial charge in [-0.1, -0.05) is 23.2 Å². The molecule has 0 saturated carbocycles. The molecule has 0 unspecified atom stereocenters. The lowest BCUT2D eigenvalue weighted by atomic mass is 10.3. The van der Waals surface area contributed by atoms with E-state index in [-0.39, 0.29) is 6.03 Å². The largest absolute Gasteiger partial charge is 0.370 e. The maximum Gasteiger partial charge on any atom is 0.319 e. The number of hydrogen-bond donors (Lipinski definition) is 3. The van der Waals surface area contributed by atoms with Gasteiger partial charge < -0.3 is 20.3 Å². The zero-order valence-electron chi connectivity index (χ0n) is 11.0. The van der Waals surface area contributed by atoms with Crippen molar-refractivity contribution in [2.45, 2.75) is 0 Å². The van der Waals surface area contributed by atoms with Crippen molar-refractivity contribution in [1.82, 2.24) is 5.32 Å². The minimum absolute atomic E-state index is 0.240. The first-order valence-corrected chi connectivity index (χ1v) is 7.32. The number of morpholine rings is 1. The average molecular weight is 319 g/mol. The number of rotatable bonds is 4. The van der Waals surface area contributed by atoms with E-state index in [4.69, 9.17) is 27.9 Å². The molecule has 1 aliphatic rings. The molecule has 110 valence electrons. The van der Waals surface area contributed by atoms with E-state index >= 15 is 0 Å². The number of carbonyl (C=O) groups is 1. The fraction of sp³-hybridized carbons (Fsp3) is 0.462. The minimum Gasteiger partial charge on any atom is -0.370 e. The molecular weight excluding hydrogens is 301 g/mol. The van der Waals surface area contributed by atoms with Crippen LogP contribution in [-0.4, -0.2) is 45.4 Å². The van der Waals surface area contributed by atoms with Crippen LogP contribution < -0.4 is 15.5 Å². The van der Waals surface area contributed by atoms with Crippen molar-refractivity contribution in [2.75, 3.05) is 44.7 Å². The van der Waals surface area contributed by atoms with E-state index in [1.807, 2.05) is 0 Å². The van der Waals surface area contributed by atoms with E-state index in [2.05, 4.69) is 10.6 Å². The molecule has 1 aromatic rings. The number of anilines is 1. The molecule has 2 rings (SSSR count). The van der Waals surface area contributed by atoms with Crippen molar-refractivity contribution in [1.29, 1.82) is 0 Å². The van der Waals surface area contributed by atoms with Gasteiger partial charge in [-0.25, -0.2) is 4.79 Å². The number of quaternary nitrogens is 1. The second-order valence-electron chi connectivity index (χ2n) is 4.62. The topological polar surface area (TPSA) is 54.8 Å². The predicted molar refractivity (Wildman–Crippen MR) is 79.9 cm³/mol. The standard InChI is InChI=1S/C13H17Cl2N3O2/c14-11-2-1-10(9-12(11)15)17-13(19)16-3-4-18-5-7-20-8-6-18/h1-2,9H,3-8H2,(H2,16,17,19)/p+1. The molecule has 1 aliphatic heterocycles. The van der Waals surface area contributed by atoms with Gasteiger partial charge in [0.25, 0.3) is 0 Å². The van der Waals surface area contributed by atoms with Gasteiger partial charge in [0.1, 0.15) is 13.1 Å². The zero-order valence-corrected chi connectivity index (χ0v) is 12.6. The van der Waals surface area contributed by atoms with Crippen LogP contribution in [0.5, 0.6) is 0 Å². The lowest BCUT2D eigenvalue weighted by molar-refractivity contribution is -0.906. The summed E-state index contributed by atoms with van der Waals surface area (Å²) < 4.78 is 5.28. The molecule has 0 atom stereocenters. The van der Waals surface area contributed by atoms with Gasteiger partial charge >= 0.3 is 6.03 Å². The smallest absolute Gasteiger partial charge is 0.319 e. The third kappa shape index (κ3) is 4.83. The summed E-state index contributed by atoms with van der Waals surface area (Å²) in [7, 11) is 0. The van der Waals surface area contributed by atoms with Crippen LogP contribution in [0.25, 0.3) is 0 Å². The number of nitrogens with one attached hydrogen (secondary N) is 3.